The first-order valence-corrected chi connectivity index (χ1v) is 9.64. The monoisotopic (exact) mass is 416 g/mol. The van der Waals surface area contributed by atoms with Gasteiger partial charge in [-0.2, -0.15) is 0 Å². The third-order valence-electron chi connectivity index (χ3n) is 4.90. The zero-order valence-corrected chi connectivity index (χ0v) is 16.8. The number of Topliss-reactive ketones (excluding diaryl/α,β-unsaturated/α-hetero) is 1. The molecule has 0 spiro atoms. The van der Waals surface area contributed by atoms with Crippen LogP contribution in [0, 0.1) is 6.92 Å². The Morgan fingerprint density at radius 1 is 1.19 bits per heavy atom. The van der Waals surface area contributed by atoms with Crippen LogP contribution in [0.25, 0.3) is 5.76 Å². The molecular formula is C24H20N2O5. The number of aliphatic hydroxyl groups excluding tert-OH is 1. The molecule has 1 atom stereocenters. The van der Waals surface area contributed by atoms with Crippen molar-refractivity contribution < 1.29 is 24.0 Å². The van der Waals surface area contributed by atoms with Crippen molar-refractivity contribution in [2.75, 3.05) is 11.5 Å². The molecular weight excluding hydrogens is 396 g/mol. The smallest absolute Gasteiger partial charge is 0.301 e. The van der Waals surface area contributed by atoms with Crippen LogP contribution in [0.5, 0.6) is 5.75 Å². The third kappa shape index (κ3) is 3.73. The molecule has 0 saturated carbocycles. The Morgan fingerprint density at radius 2 is 1.97 bits per heavy atom. The van der Waals surface area contributed by atoms with Crippen LogP contribution in [0.3, 0.4) is 0 Å². The highest BCUT2D eigenvalue weighted by molar-refractivity contribution is 6.51. The van der Waals surface area contributed by atoms with Gasteiger partial charge in [0.1, 0.15) is 23.9 Å². The lowest BCUT2D eigenvalue weighted by Crippen LogP contribution is -2.29. The lowest BCUT2D eigenvalue weighted by atomic mass is 9.95. The molecule has 3 aromatic rings. The first-order chi connectivity index (χ1) is 15.0. The van der Waals surface area contributed by atoms with Crippen molar-refractivity contribution in [2.45, 2.75) is 13.0 Å². The second kappa shape index (κ2) is 8.31. The summed E-state index contributed by atoms with van der Waals surface area (Å²) in [7, 11) is 0. The maximum atomic E-state index is 13.0. The van der Waals surface area contributed by atoms with Gasteiger partial charge in [-0.1, -0.05) is 60.3 Å². The fourth-order valence-corrected chi connectivity index (χ4v) is 3.53. The van der Waals surface area contributed by atoms with Crippen LogP contribution in [-0.2, 0) is 9.59 Å². The molecule has 4 rings (SSSR count). The van der Waals surface area contributed by atoms with E-state index in [0.29, 0.717) is 29.2 Å². The van der Waals surface area contributed by atoms with E-state index in [1.807, 2.05) is 0 Å². The minimum atomic E-state index is -0.906. The molecule has 1 aromatic heterocycles. The molecule has 1 N–H and O–H groups in total. The standard InChI is InChI=1S/C24H20N2O5/c1-3-12-30-18-11-7-10-17(14-18)21-20(22(27)16-8-5-4-6-9-16)23(28)24(29)26(21)19-13-15(2)31-25-19/h3-11,13-14,21,27H,1,12H2,2H3/b22-20+/t21-/m1/s1. The number of ketones is 1. The second-order valence-electron chi connectivity index (χ2n) is 7.00. The number of nitrogens with zero attached hydrogens (tertiary/aromatic N) is 2. The number of hydrogen-bond donors (Lipinski definition) is 1. The fourth-order valence-electron chi connectivity index (χ4n) is 3.53. The highest BCUT2D eigenvalue weighted by Crippen LogP contribution is 2.42. The highest BCUT2D eigenvalue weighted by Gasteiger charge is 2.48. The molecule has 0 bridgehead atoms. The van der Waals surface area contributed by atoms with E-state index in [1.165, 1.54) is 4.90 Å². The van der Waals surface area contributed by atoms with Crippen LogP contribution >= 0.6 is 0 Å². The highest BCUT2D eigenvalue weighted by atomic mass is 16.5. The van der Waals surface area contributed by atoms with Gasteiger partial charge >= 0.3 is 5.91 Å². The van der Waals surface area contributed by atoms with Gasteiger partial charge in [0.15, 0.2) is 5.82 Å². The van der Waals surface area contributed by atoms with Crippen LogP contribution in [0.2, 0.25) is 0 Å². The summed E-state index contributed by atoms with van der Waals surface area (Å²) in [6, 6.07) is 16.3. The number of carbonyl (C=O) groups excluding carboxylic acids is 2. The Kier molecular flexibility index (Phi) is 5.41. The normalized spacial score (nSPS) is 17.7. The lowest BCUT2D eigenvalue weighted by Gasteiger charge is -2.23. The first-order valence-electron chi connectivity index (χ1n) is 9.64. The number of benzene rings is 2. The van der Waals surface area contributed by atoms with E-state index < -0.39 is 17.7 Å². The number of carbonyl (C=O) groups is 2. The first kappa shape index (κ1) is 20.2. The van der Waals surface area contributed by atoms with Gasteiger partial charge in [0.25, 0.3) is 5.78 Å². The Balaban J connectivity index is 1.91. The van der Waals surface area contributed by atoms with Crippen molar-refractivity contribution in [1.29, 1.82) is 0 Å². The van der Waals surface area contributed by atoms with E-state index in [-0.39, 0.29) is 17.2 Å². The molecule has 0 radical (unpaired) electrons. The summed E-state index contributed by atoms with van der Waals surface area (Å²) in [6.07, 6.45) is 1.62. The van der Waals surface area contributed by atoms with Crippen LogP contribution in [0.4, 0.5) is 5.82 Å². The average Bonchev–Trinajstić information content (AvgIpc) is 3.33. The summed E-state index contributed by atoms with van der Waals surface area (Å²) in [4.78, 5) is 27.3. The largest absolute Gasteiger partial charge is 0.507 e. The molecule has 1 aliphatic rings. The number of amides is 1. The van der Waals surface area contributed by atoms with Crippen LogP contribution in [0.1, 0.15) is 22.9 Å². The Hall–Kier alpha value is -4.13. The molecule has 1 saturated heterocycles. The van der Waals surface area contributed by atoms with E-state index in [4.69, 9.17) is 9.26 Å². The SMILES string of the molecule is C=CCOc1cccc([C@@H]2/C(=C(\O)c3ccccc3)C(=O)C(=O)N2c2cc(C)on2)c1. The van der Waals surface area contributed by atoms with Gasteiger partial charge in [0.2, 0.25) is 0 Å². The predicted octanol–water partition coefficient (Wildman–Crippen LogP) is 4.17. The molecule has 31 heavy (non-hydrogen) atoms. The van der Waals surface area contributed by atoms with Gasteiger partial charge in [0.05, 0.1) is 11.6 Å². The van der Waals surface area contributed by atoms with Crippen molar-refractivity contribution in [3.63, 3.8) is 0 Å². The minimum absolute atomic E-state index is 0.0299. The Bertz CT molecular complexity index is 1180. The molecule has 1 fully saturated rings. The molecule has 7 nitrogen and oxygen atoms in total. The van der Waals surface area contributed by atoms with Crippen molar-refractivity contribution in [1.82, 2.24) is 5.16 Å². The molecule has 0 unspecified atom stereocenters. The summed E-state index contributed by atoms with van der Waals surface area (Å²) >= 11 is 0. The van der Waals surface area contributed by atoms with E-state index >= 15 is 0 Å². The van der Waals surface area contributed by atoms with Crippen molar-refractivity contribution in [3.8, 4) is 5.75 Å². The van der Waals surface area contributed by atoms with E-state index in [2.05, 4.69) is 11.7 Å². The van der Waals surface area contributed by atoms with E-state index in [1.54, 1.807) is 73.7 Å². The average molecular weight is 416 g/mol. The lowest BCUT2D eigenvalue weighted by molar-refractivity contribution is -0.132. The van der Waals surface area contributed by atoms with Gasteiger partial charge in [-0.25, -0.2) is 0 Å². The van der Waals surface area contributed by atoms with Crippen molar-refractivity contribution in [2.24, 2.45) is 0 Å². The summed E-state index contributed by atoms with van der Waals surface area (Å²) in [5.41, 5.74) is 0.984. The zero-order valence-electron chi connectivity index (χ0n) is 16.8. The summed E-state index contributed by atoms with van der Waals surface area (Å²) in [5.74, 6) is -0.642. The van der Waals surface area contributed by atoms with Gasteiger partial charge in [0, 0.05) is 11.6 Å². The number of hydrogen-bond acceptors (Lipinski definition) is 6. The van der Waals surface area contributed by atoms with Gasteiger partial charge in [-0.05, 0) is 24.6 Å². The second-order valence-corrected chi connectivity index (χ2v) is 7.00. The predicted molar refractivity (Wildman–Crippen MR) is 115 cm³/mol. The van der Waals surface area contributed by atoms with Gasteiger partial charge < -0.3 is 14.4 Å². The van der Waals surface area contributed by atoms with E-state index in [0.717, 1.165) is 0 Å². The number of ether oxygens (including phenoxy) is 1. The van der Waals surface area contributed by atoms with Gasteiger partial charge in [-0.3, -0.25) is 14.5 Å². The summed E-state index contributed by atoms with van der Waals surface area (Å²) in [5, 5.41) is 14.9. The maximum absolute atomic E-state index is 13.0. The van der Waals surface area contributed by atoms with Crippen LogP contribution < -0.4 is 9.64 Å². The molecule has 0 aliphatic carbocycles. The number of aryl methyl sites for hydroxylation is 1. The molecule has 7 heteroatoms. The Morgan fingerprint density at radius 3 is 2.65 bits per heavy atom. The fraction of sp³-hybridized carbons (Fsp3) is 0.125. The van der Waals surface area contributed by atoms with Crippen molar-refractivity contribution in [3.05, 3.63) is 95.8 Å². The number of anilines is 1. The number of aliphatic hydroxyl groups is 1. The molecule has 156 valence electrons. The summed E-state index contributed by atoms with van der Waals surface area (Å²) in [6.45, 7) is 5.63. The van der Waals surface area contributed by atoms with Crippen LogP contribution in [0.15, 0.2) is 83.4 Å². The van der Waals surface area contributed by atoms with Crippen LogP contribution in [-0.4, -0.2) is 28.6 Å². The summed E-state index contributed by atoms with van der Waals surface area (Å²) < 4.78 is 10.7. The Labute approximate surface area is 178 Å². The molecule has 2 heterocycles. The zero-order chi connectivity index (χ0) is 22.0. The maximum Gasteiger partial charge on any atom is 0.301 e. The van der Waals surface area contributed by atoms with E-state index in [9.17, 15) is 14.7 Å². The topological polar surface area (TPSA) is 92.9 Å². The molecule has 1 aliphatic heterocycles. The third-order valence-corrected chi connectivity index (χ3v) is 4.90. The molecule has 2 aromatic carbocycles. The molecule has 1 amide bonds. The quantitative estimate of drug-likeness (QED) is 0.281. The number of aromatic nitrogens is 1. The minimum Gasteiger partial charge on any atom is -0.507 e. The van der Waals surface area contributed by atoms with Crippen molar-refractivity contribution >= 4 is 23.3 Å². The van der Waals surface area contributed by atoms with Gasteiger partial charge in [-0.15, -0.1) is 0 Å². The number of rotatable bonds is 6.